The second kappa shape index (κ2) is 6.42. The van der Waals surface area contributed by atoms with Crippen molar-refractivity contribution in [1.29, 1.82) is 0 Å². The van der Waals surface area contributed by atoms with Gasteiger partial charge in [0.1, 0.15) is 0 Å². The van der Waals surface area contributed by atoms with Crippen LogP contribution in [0.5, 0.6) is 0 Å². The highest BCUT2D eigenvalue weighted by atomic mass is 15.2. The summed E-state index contributed by atoms with van der Waals surface area (Å²) in [5, 5.41) is 0. The highest BCUT2D eigenvalue weighted by Gasteiger charge is 2.19. The van der Waals surface area contributed by atoms with Gasteiger partial charge in [-0.3, -0.25) is 0 Å². The van der Waals surface area contributed by atoms with Crippen LogP contribution in [0, 0.1) is 6.92 Å². The fourth-order valence-electron chi connectivity index (χ4n) is 2.52. The minimum absolute atomic E-state index is 0.429. The first-order valence-corrected chi connectivity index (χ1v) is 7.10. The minimum atomic E-state index is 0.429. The van der Waals surface area contributed by atoms with Gasteiger partial charge in [-0.2, -0.15) is 0 Å². The van der Waals surface area contributed by atoms with Crippen molar-refractivity contribution >= 4 is 5.69 Å². The van der Waals surface area contributed by atoms with Gasteiger partial charge in [0.25, 0.3) is 0 Å². The smallest absolute Gasteiger partial charge is 0.0516 e. The molecule has 0 fully saturated rings. The number of allylic oxidation sites excluding steroid dienone is 4. The van der Waals surface area contributed by atoms with Crippen LogP contribution in [0.1, 0.15) is 32.3 Å². The maximum Gasteiger partial charge on any atom is 0.0516 e. The largest absolute Gasteiger partial charge is 0.338 e. The van der Waals surface area contributed by atoms with Crippen molar-refractivity contribution in [2.24, 2.45) is 0 Å². The molecule has 0 bridgehead atoms. The Hall–Kier alpha value is -1.76. The predicted octanol–water partition coefficient (Wildman–Crippen LogP) is 5.00. The van der Waals surface area contributed by atoms with E-state index in [-0.39, 0.29) is 0 Å². The summed E-state index contributed by atoms with van der Waals surface area (Å²) in [5.41, 5.74) is 3.97. The van der Waals surface area contributed by atoms with E-state index >= 15 is 0 Å². The third-order valence-corrected chi connectivity index (χ3v) is 3.54. The molecule has 0 spiro atoms. The summed E-state index contributed by atoms with van der Waals surface area (Å²) in [6, 6.07) is 9.25. The van der Waals surface area contributed by atoms with Crippen LogP contribution >= 0.6 is 0 Å². The molecule has 1 aromatic carbocycles. The Balaban J connectivity index is 2.35. The van der Waals surface area contributed by atoms with Crippen molar-refractivity contribution in [2.45, 2.75) is 39.7 Å². The van der Waals surface area contributed by atoms with E-state index in [9.17, 15) is 0 Å². The normalized spacial score (nSPS) is 15.8. The van der Waals surface area contributed by atoms with Crippen molar-refractivity contribution < 1.29 is 0 Å². The first-order valence-electron chi connectivity index (χ1n) is 7.10. The van der Waals surface area contributed by atoms with Crippen LogP contribution in [0.2, 0.25) is 0 Å². The highest BCUT2D eigenvalue weighted by molar-refractivity contribution is 5.56. The molecule has 19 heavy (non-hydrogen) atoms. The molecule has 0 aliphatic heterocycles. The van der Waals surface area contributed by atoms with Gasteiger partial charge in [-0.15, -0.1) is 0 Å². The Bertz CT molecular complexity index is 491. The Morgan fingerprint density at radius 1 is 1.26 bits per heavy atom. The molecule has 2 rings (SSSR count). The van der Waals surface area contributed by atoms with Crippen LogP contribution in [-0.2, 0) is 0 Å². The molecule has 1 unspecified atom stereocenters. The number of hydrogen-bond donors (Lipinski definition) is 0. The van der Waals surface area contributed by atoms with Gasteiger partial charge in [0.05, 0.1) is 6.04 Å². The highest BCUT2D eigenvalue weighted by Crippen LogP contribution is 2.28. The van der Waals surface area contributed by atoms with Crippen molar-refractivity contribution in [3.05, 3.63) is 65.9 Å². The van der Waals surface area contributed by atoms with E-state index < -0.39 is 0 Å². The van der Waals surface area contributed by atoms with Crippen molar-refractivity contribution in [2.75, 3.05) is 4.90 Å². The molecular weight excluding hydrogens is 230 g/mol. The van der Waals surface area contributed by atoms with E-state index in [1.54, 1.807) is 0 Å². The van der Waals surface area contributed by atoms with Crippen molar-refractivity contribution in [1.82, 2.24) is 0 Å². The van der Waals surface area contributed by atoms with Gasteiger partial charge in [-0.1, -0.05) is 48.9 Å². The van der Waals surface area contributed by atoms with Crippen molar-refractivity contribution in [3.63, 3.8) is 0 Å². The van der Waals surface area contributed by atoms with Crippen molar-refractivity contribution in [3.8, 4) is 0 Å². The standard InChI is InChI=1S/C18H23N/c1-4-8-16(5-2)19(17-9-6-7-10-17)18-13-11-15(3)12-14-18/h4,6-9,11-14,16H,5,10H2,1-3H3/b8-4-. The molecule has 0 heterocycles. The van der Waals surface area contributed by atoms with Crippen LogP contribution in [0.15, 0.2) is 60.3 Å². The Kier molecular flexibility index (Phi) is 4.62. The number of aryl methyl sites for hydroxylation is 1. The molecule has 1 aromatic rings. The monoisotopic (exact) mass is 253 g/mol. The molecule has 0 N–H and O–H groups in total. The maximum absolute atomic E-state index is 2.46. The first-order chi connectivity index (χ1) is 9.26. The number of rotatable bonds is 5. The average Bonchev–Trinajstić information content (AvgIpc) is 2.94. The lowest BCUT2D eigenvalue weighted by molar-refractivity contribution is 0.715. The molecule has 0 saturated carbocycles. The third kappa shape index (κ3) is 3.17. The van der Waals surface area contributed by atoms with Gasteiger partial charge in [-0.05, 0) is 38.5 Å². The molecule has 0 amide bonds. The van der Waals surface area contributed by atoms with Crippen LogP contribution in [0.25, 0.3) is 0 Å². The summed E-state index contributed by atoms with van der Waals surface area (Å²) in [5.74, 6) is 0. The average molecular weight is 253 g/mol. The van der Waals surface area contributed by atoms with E-state index in [0.717, 1.165) is 12.8 Å². The minimum Gasteiger partial charge on any atom is -0.338 e. The predicted molar refractivity (Wildman–Crippen MR) is 84.4 cm³/mol. The molecule has 1 aliphatic carbocycles. The zero-order valence-electron chi connectivity index (χ0n) is 12.1. The maximum atomic E-state index is 2.46. The molecule has 0 aromatic heterocycles. The van der Waals surface area contributed by atoms with Gasteiger partial charge in [0, 0.05) is 17.8 Å². The second-order valence-corrected chi connectivity index (χ2v) is 5.00. The topological polar surface area (TPSA) is 3.24 Å². The summed E-state index contributed by atoms with van der Waals surface area (Å²) >= 11 is 0. The van der Waals surface area contributed by atoms with E-state index in [1.165, 1.54) is 16.9 Å². The lowest BCUT2D eigenvalue weighted by atomic mass is 10.1. The van der Waals surface area contributed by atoms with E-state index in [1.807, 2.05) is 0 Å². The van der Waals surface area contributed by atoms with E-state index in [4.69, 9.17) is 0 Å². The molecule has 1 nitrogen and oxygen atoms in total. The number of nitrogens with zero attached hydrogens (tertiary/aromatic N) is 1. The SMILES string of the molecule is C/C=C\C(CC)N(C1=CC=CC1)c1ccc(C)cc1. The summed E-state index contributed by atoms with van der Waals surface area (Å²) < 4.78 is 0. The number of benzene rings is 1. The second-order valence-electron chi connectivity index (χ2n) is 5.00. The molecule has 1 heteroatoms. The Morgan fingerprint density at radius 3 is 2.53 bits per heavy atom. The first kappa shape index (κ1) is 13.7. The molecule has 0 saturated heterocycles. The van der Waals surface area contributed by atoms with Gasteiger partial charge in [0.2, 0.25) is 0 Å². The molecular formula is C18H23N. The zero-order chi connectivity index (χ0) is 13.7. The van der Waals surface area contributed by atoms with Gasteiger partial charge < -0.3 is 4.90 Å². The van der Waals surface area contributed by atoms with E-state index in [0.29, 0.717) is 6.04 Å². The number of anilines is 1. The van der Waals surface area contributed by atoms with E-state index in [2.05, 4.69) is 80.3 Å². The Labute approximate surface area is 116 Å². The van der Waals surface area contributed by atoms with Gasteiger partial charge >= 0.3 is 0 Å². The quantitative estimate of drug-likeness (QED) is 0.667. The fourth-order valence-corrected chi connectivity index (χ4v) is 2.52. The molecule has 1 aliphatic rings. The van der Waals surface area contributed by atoms with Crippen LogP contribution in [-0.4, -0.2) is 6.04 Å². The lowest BCUT2D eigenvalue weighted by Gasteiger charge is -2.32. The van der Waals surface area contributed by atoms with Crippen LogP contribution in [0.3, 0.4) is 0 Å². The van der Waals surface area contributed by atoms with Crippen LogP contribution < -0.4 is 4.90 Å². The fraction of sp³-hybridized carbons (Fsp3) is 0.333. The Morgan fingerprint density at radius 2 is 2.00 bits per heavy atom. The molecule has 1 atom stereocenters. The molecule has 0 radical (unpaired) electrons. The van der Waals surface area contributed by atoms with Gasteiger partial charge in [0.15, 0.2) is 0 Å². The molecule has 100 valence electrons. The van der Waals surface area contributed by atoms with Gasteiger partial charge in [-0.25, -0.2) is 0 Å². The number of hydrogen-bond acceptors (Lipinski definition) is 1. The summed E-state index contributed by atoms with van der Waals surface area (Å²) in [6.45, 7) is 6.47. The summed E-state index contributed by atoms with van der Waals surface area (Å²) in [7, 11) is 0. The third-order valence-electron chi connectivity index (χ3n) is 3.54. The van der Waals surface area contributed by atoms with Crippen LogP contribution in [0.4, 0.5) is 5.69 Å². The summed E-state index contributed by atoms with van der Waals surface area (Å²) in [4.78, 5) is 2.46. The zero-order valence-corrected chi connectivity index (χ0v) is 12.1. The summed E-state index contributed by atoms with van der Waals surface area (Å²) in [6.07, 6.45) is 13.2. The lowest BCUT2D eigenvalue weighted by Crippen LogP contribution is -2.32.